The van der Waals surface area contributed by atoms with Crippen LogP contribution in [0.15, 0.2) is 35.1 Å². The maximum Gasteiger partial charge on any atom is 0.269 e. The van der Waals surface area contributed by atoms with Crippen LogP contribution in [-0.2, 0) is 6.42 Å². The van der Waals surface area contributed by atoms with Crippen molar-refractivity contribution in [1.82, 2.24) is 9.97 Å². The molecule has 3 N–H and O–H groups in total. The Hall–Kier alpha value is -2.54. The zero-order valence-electron chi connectivity index (χ0n) is 10.7. The topological polar surface area (TPSA) is 115 Å². The number of aromatic nitrogens is 2. The van der Waals surface area contributed by atoms with Crippen LogP contribution in [0.1, 0.15) is 12.1 Å². The number of nitrogens with two attached hydrogens (primary N) is 1. The van der Waals surface area contributed by atoms with Gasteiger partial charge in [-0.1, -0.05) is 0 Å². The van der Waals surface area contributed by atoms with E-state index in [1.807, 2.05) is 0 Å². The Morgan fingerprint density at radius 1 is 1.30 bits per heavy atom. The molecule has 0 aliphatic carbocycles. The molecule has 0 saturated heterocycles. The Balaban J connectivity index is 2.34. The summed E-state index contributed by atoms with van der Waals surface area (Å²) in [6.45, 7) is 0.529. The van der Waals surface area contributed by atoms with Gasteiger partial charge < -0.3 is 10.7 Å². The van der Waals surface area contributed by atoms with Gasteiger partial charge in [-0.2, -0.15) is 0 Å². The molecule has 0 aliphatic rings. The Bertz CT molecular complexity index is 664. The van der Waals surface area contributed by atoms with E-state index in [0.717, 1.165) is 6.42 Å². The number of nitrogens with one attached hydrogen (secondary N) is 1. The van der Waals surface area contributed by atoms with Crippen molar-refractivity contribution >= 4 is 5.69 Å². The molecule has 0 bridgehead atoms. The van der Waals surface area contributed by atoms with Crippen LogP contribution in [0.4, 0.5) is 5.69 Å². The number of nitro benzene ring substituents is 1. The Morgan fingerprint density at radius 2 is 2.00 bits per heavy atom. The Labute approximate surface area is 114 Å². The molecule has 0 spiro atoms. The Kier molecular flexibility index (Phi) is 4.21. The van der Waals surface area contributed by atoms with E-state index in [1.165, 1.54) is 18.2 Å². The van der Waals surface area contributed by atoms with Crippen LogP contribution in [0.25, 0.3) is 11.4 Å². The van der Waals surface area contributed by atoms with Gasteiger partial charge in [0.15, 0.2) is 0 Å². The number of aryl methyl sites for hydroxylation is 1. The van der Waals surface area contributed by atoms with Crippen LogP contribution in [-0.4, -0.2) is 21.4 Å². The standard InChI is InChI=1S/C13H14N4O3/c14-7-1-2-10-8-12(18)16-13(15-10)9-3-5-11(6-4-9)17(19)20/h3-6,8H,1-2,7,14H2,(H,15,16,18). The van der Waals surface area contributed by atoms with Crippen LogP contribution < -0.4 is 11.3 Å². The van der Waals surface area contributed by atoms with E-state index in [0.29, 0.717) is 30.0 Å². The number of rotatable bonds is 5. The highest BCUT2D eigenvalue weighted by Crippen LogP contribution is 2.18. The number of aromatic amines is 1. The minimum absolute atomic E-state index is 0.00427. The van der Waals surface area contributed by atoms with E-state index < -0.39 is 4.92 Å². The van der Waals surface area contributed by atoms with E-state index in [9.17, 15) is 14.9 Å². The largest absolute Gasteiger partial charge is 0.330 e. The third-order valence-corrected chi connectivity index (χ3v) is 2.78. The summed E-state index contributed by atoms with van der Waals surface area (Å²) in [5, 5.41) is 10.6. The van der Waals surface area contributed by atoms with Crippen molar-refractivity contribution in [2.75, 3.05) is 6.54 Å². The molecule has 1 aromatic carbocycles. The third-order valence-electron chi connectivity index (χ3n) is 2.78. The minimum Gasteiger partial charge on any atom is -0.330 e. The van der Waals surface area contributed by atoms with E-state index in [-0.39, 0.29) is 11.2 Å². The number of nitro groups is 1. The fourth-order valence-electron chi connectivity index (χ4n) is 1.80. The van der Waals surface area contributed by atoms with Gasteiger partial charge in [0.1, 0.15) is 5.82 Å². The average Bonchev–Trinajstić information content (AvgIpc) is 2.44. The SMILES string of the molecule is NCCCc1cc(=O)[nH]c(-c2ccc([N+](=O)[O-])cc2)n1. The summed E-state index contributed by atoms with van der Waals surface area (Å²) in [6, 6.07) is 7.31. The van der Waals surface area contributed by atoms with E-state index >= 15 is 0 Å². The summed E-state index contributed by atoms with van der Waals surface area (Å²) in [6.07, 6.45) is 1.37. The molecule has 0 unspecified atom stereocenters. The second kappa shape index (κ2) is 6.07. The van der Waals surface area contributed by atoms with Crippen molar-refractivity contribution in [2.24, 2.45) is 5.73 Å². The lowest BCUT2D eigenvalue weighted by molar-refractivity contribution is -0.384. The molecule has 20 heavy (non-hydrogen) atoms. The van der Waals surface area contributed by atoms with E-state index in [2.05, 4.69) is 9.97 Å². The number of non-ortho nitro benzene ring substituents is 1. The van der Waals surface area contributed by atoms with Gasteiger partial charge in [0, 0.05) is 29.5 Å². The predicted octanol–water partition coefficient (Wildman–Crippen LogP) is 1.24. The van der Waals surface area contributed by atoms with Crippen molar-refractivity contribution in [2.45, 2.75) is 12.8 Å². The van der Waals surface area contributed by atoms with Crippen LogP contribution in [0.5, 0.6) is 0 Å². The molecule has 2 aromatic rings. The average molecular weight is 274 g/mol. The summed E-state index contributed by atoms with van der Waals surface area (Å²) in [7, 11) is 0. The molecule has 0 radical (unpaired) electrons. The normalized spacial score (nSPS) is 10.4. The molecule has 7 nitrogen and oxygen atoms in total. The maximum atomic E-state index is 11.6. The van der Waals surface area contributed by atoms with E-state index in [1.54, 1.807) is 12.1 Å². The molecule has 7 heteroatoms. The molecule has 104 valence electrons. The first-order valence-corrected chi connectivity index (χ1v) is 6.15. The first-order valence-electron chi connectivity index (χ1n) is 6.15. The quantitative estimate of drug-likeness (QED) is 0.628. The molecule has 0 fully saturated rings. The molecule has 0 atom stereocenters. The van der Waals surface area contributed by atoms with Gasteiger partial charge in [-0.3, -0.25) is 14.9 Å². The summed E-state index contributed by atoms with van der Waals surface area (Å²) in [4.78, 5) is 28.7. The van der Waals surface area contributed by atoms with Crippen LogP contribution >= 0.6 is 0 Å². The number of hydrogen-bond donors (Lipinski definition) is 2. The smallest absolute Gasteiger partial charge is 0.269 e. The first-order chi connectivity index (χ1) is 9.60. The van der Waals surface area contributed by atoms with E-state index in [4.69, 9.17) is 5.73 Å². The van der Waals surface area contributed by atoms with Gasteiger partial charge >= 0.3 is 0 Å². The third kappa shape index (κ3) is 3.27. The first kappa shape index (κ1) is 13.9. The van der Waals surface area contributed by atoms with Gasteiger partial charge in [0.25, 0.3) is 11.2 Å². The number of hydrogen-bond acceptors (Lipinski definition) is 5. The van der Waals surface area contributed by atoms with Crippen molar-refractivity contribution in [3.63, 3.8) is 0 Å². The van der Waals surface area contributed by atoms with Gasteiger partial charge in [0.05, 0.1) is 4.92 Å². The zero-order valence-corrected chi connectivity index (χ0v) is 10.7. The number of nitrogens with zero attached hydrogens (tertiary/aromatic N) is 2. The fraction of sp³-hybridized carbons (Fsp3) is 0.231. The van der Waals surface area contributed by atoms with Gasteiger partial charge in [-0.15, -0.1) is 0 Å². The monoisotopic (exact) mass is 274 g/mol. The molecule has 1 aromatic heterocycles. The van der Waals surface area contributed by atoms with Crippen molar-refractivity contribution < 1.29 is 4.92 Å². The fourth-order valence-corrected chi connectivity index (χ4v) is 1.80. The van der Waals surface area contributed by atoms with Crippen LogP contribution in [0.3, 0.4) is 0 Å². The van der Waals surface area contributed by atoms with Crippen LogP contribution in [0.2, 0.25) is 0 Å². The molecule has 0 aliphatic heterocycles. The lowest BCUT2D eigenvalue weighted by atomic mass is 10.1. The van der Waals surface area contributed by atoms with Crippen molar-refractivity contribution in [3.05, 3.63) is 56.5 Å². The van der Waals surface area contributed by atoms with Crippen molar-refractivity contribution in [3.8, 4) is 11.4 Å². The maximum absolute atomic E-state index is 11.6. The highest BCUT2D eigenvalue weighted by atomic mass is 16.6. The molecule has 1 heterocycles. The highest BCUT2D eigenvalue weighted by molar-refractivity contribution is 5.57. The molecule has 0 amide bonds. The minimum atomic E-state index is -0.475. The highest BCUT2D eigenvalue weighted by Gasteiger charge is 2.08. The molecule has 2 rings (SSSR count). The number of H-pyrrole nitrogens is 1. The molecule has 0 saturated carbocycles. The Morgan fingerprint density at radius 3 is 2.60 bits per heavy atom. The zero-order chi connectivity index (χ0) is 14.5. The summed E-state index contributed by atoms with van der Waals surface area (Å²) in [5.41, 5.74) is 6.46. The second-order valence-corrected chi connectivity index (χ2v) is 4.28. The van der Waals surface area contributed by atoms with Crippen molar-refractivity contribution in [1.29, 1.82) is 0 Å². The summed E-state index contributed by atoms with van der Waals surface area (Å²) >= 11 is 0. The predicted molar refractivity (Wildman–Crippen MR) is 74.3 cm³/mol. The van der Waals surface area contributed by atoms with Gasteiger partial charge in [-0.05, 0) is 31.5 Å². The lowest BCUT2D eigenvalue weighted by Crippen LogP contribution is -2.11. The summed E-state index contributed by atoms with van der Waals surface area (Å²) < 4.78 is 0. The van der Waals surface area contributed by atoms with Gasteiger partial charge in [-0.25, -0.2) is 4.98 Å². The number of benzene rings is 1. The summed E-state index contributed by atoms with van der Waals surface area (Å²) in [5.74, 6) is 0.402. The molecular weight excluding hydrogens is 260 g/mol. The molecular formula is C13H14N4O3. The van der Waals surface area contributed by atoms with Gasteiger partial charge in [0.2, 0.25) is 0 Å². The second-order valence-electron chi connectivity index (χ2n) is 4.28. The lowest BCUT2D eigenvalue weighted by Gasteiger charge is -2.04. The van der Waals surface area contributed by atoms with Crippen LogP contribution in [0, 0.1) is 10.1 Å².